The van der Waals surface area contributed by atoms with Gasteiger partial charge < -0.3 is 9.84 Å². The number of aromatic nitrogens is 2. The molecule has 0 saturated carbocycles. The van der Waals surface area contributed by atoms with Crippen molar-refractivity contribution in [2.75, 3.05) is 0 Å². The predicted octanol–water partition coefficient (Wildman–Crippen LogP) is 2.10. The highest BCUT2D eigenvalue weighted by Gasteiger charge is 2.08. The van der Waals surface area contributed by atoms with Crippen molar-refractivity contribution in [3.8, 4) is 6.07 Å². The minimum absolute atomic E-state index is 0.122. The topological polar surface area (TPSA) is 74.7 Å². The van der Waals surface area contributed by atoms with Crippen LogP contribution in [0.15, 0.2) is 28.8 Å². The molecule has 0 spiro atoms. The smallest absolute Gasteiger partial charge is 0.223 e. The van der Waals surface area contributed by atoms with E-state index in [1.807, 2.05) is 25.1 Å². The maximum Gasteiger partial charge on any atom is 0.223 e. The van der Waals surface area contributed by atoms with Gasteiger partial charge in [0.25, 0.3) is 0 Å². The predicted molar refractivity (Wildman–Crippen MR) is 65.4 cm³/mol. The first kappa shape index (κ1) is 12.3. The van der Waals surface area contributed by atoms with Gasteiger partial charge in [0.1, 0.15) is 0 Å². The van der Waals surface area contributed by atoms with E-state index in [-0.39, 0.29) is 6.04 Å². The van der Waals surface area contributed by atoms with Gasteiger partial charge in [0.05, 0.1) is 18.2 Å². The first-order valence-electron chi connectivity index (χ1n) is 5.71. The zero-order valence-corrected chi connectivity index (χ0v) is 10.3. The Morgan fingerprint density at radius 2 is 2.33 bits per heavy atom. The van der Waals surface area contributed by atoms with E-state index in [1.54, 1.807) is 13.0 Å². The molecule has 1 aromatic heterocycles. The molecule has 0 saturated heterocycles. The third kappa shape index (κ3) is 2.93. The van der Waals surface area contributed by atoms with Gasteiger partial charge in [0, 0.05) is 13.0 Å². The minimum Gasteiger partial charge on any atom is -0.340 e. The number of benzene rings is 1. The maximum atomic E-state index is 8.85. The van der Waals surface area contributed by atoms with Gasteiger partial charge in [0.15, 0.2) is 5.82 Å². The van der Waals surface area contributed by atoms with E-state index in [0.29, 0.717) is 23.8 Å². The van der Waals surface area contributed by atoms with Crippen molar-refractivity contribution in [2.45, 2.75) is 26.4 Å². The van der Waals surface area contributed by atoms with Crippen LogP contribution in [0, 0.1) is 18.3 Å². The second-order valence-electron chi connectivity index (χ2n) is 4.07. The van der Waals surface area contributed by atoms with Crippen LogP contribution in [0.3, 0.4) is 0 Å². The fourth-order valence-electron chi connectivity index (χ4n) is 1.65. The molecule has 1 atom stereocenters. The average Bonchev–Trinajstić information content (AvgIpc) is 2.82. The van der Waals surface area contributed by atoms with Crippen LogP contribution in [0.4, 0.5) is 0 Å². The summed E-state index contributed by atoms with van der Waals surface area (Å²) >= 11 is 0. The SMILES string of the molecule is Cc1nc(CNC(C)c2cccc(C#N)c2)no1. The molecule has 0 fully saturated rings. The molecule has 1 unspecified atom stereocenters. The van der Waals surface area contributed by atoms with Crippen molar-refractivity contribution >= 4 is 0 Å². The number of nitriles is 1. The van der Waals surface area contributed by atoms with Gasteiger partial charge in [-0.15, -0.1) is 0 Å². The number of hydrogen-bond donors (Lipinski definition) is 1. The molecule has 0 bridgehead atoms. The highest BCUT2D eigenvalue weighted by Crippen LogP contribution is 2.14. The highest BCUT2D eigenvalue weighted by atomic mass is 16.5. The molecular weight excluding hydrogens is 228 g/mol. The standard InChI is InChI=1S/C13H14N4O/c1-9(12-5-3-4-11(6-12)7-14)15-8-13-16-10(2)18-17-13/h3-6,9,15H,8H2,1-2H3. The van der Waals surface area contributed by atoms with Crippen LogP contribution in [0.2, 0.25) is 0 Å². The summed E-state index contributed by atoms with van der Waals surface area (Å²) in [6.45, 7) is 4.33. The Labute approximate surface area is 105 Å². The highest BCUT2D eigenvalue weighted by molar-refractivity contribution is 5.34. The zero-order chi connectivity index (χ0) is 13.0. The number of nitrogens with one attached hydrogen (secondary N) is 1. The molecule has 5 nitrogen and oxygen atoms in total. The minimum atomic E-state index is 0.122. The lowest BCUT2D eigenvalue weighted by Crippen LogP contribution is -2.18. The van der Waals surface area contributed by atoms with Gasteiger partial charge in [-0.25, -0.2) is 0 Å². The normalized spacial score (nSPS) is 12.1. The molecule has 1 heterocycles. The number of hydrogen-bond acceptors (Lipinski definition) is 5. The van der Waals surface area contributed by atoms with Crippen molar-refractivity contribution in [3.05, 3.63) is 47.1 Å². The maximum absolute atomic E-state index is 8.85. The van der Waals surface area contributed by atoms with E-state index in [1.165, 1.54) is 0 Å². The summed E-state index contributed by atoms with van der Waals surface area (Å²) in [5.74, 6) is 1.20. The Kier molecular flexibility index (Phi) is 3.70. The van der Waals surface area contributed by atoms with E-state index in [2.05, 4.69) is 21.5 Å². The summed E-state index contributed by atoms with van der Waals surface area (Å²) < 4.78 is 4.89. The monoisotopic (exact) mass is 242 g/mol. The van der Waals surface area contributed by atoms with Gasteiger partial charge in [-0.05, 0) is 24.6 Å². The van der Waals surface area contributed by atoms with Crippen molar-refractivity contribution in [1.82, 2.24) is 15.5 Å². The number of rotatable bonds is 4. The van der Waals surface area contributed by atoms with Crippen LogP contribution < -0.4 is 5.32 Å². The van der Waals surface area contributed by atoms with Crippen molar-refractivity contribution < 1.29 is 4.52 Å². The molecule has 2 rings (SSSR count). The fraction of sp³-hybridized carbons (Fsp3) is 0.308. The van der Waals surface area contributed by atoms with Crippen LogP contribution in [-0.2, 0) is 6.54 Å². The van der Waals surface area contributed by atoms with Gasteiger partial charge in [0.2, 0.25) is 5.89 Å². The van der Waals surface area contributed by atoms with E-state index < -0.39 is 0 Å². The van der Waals surface area contributed by atoms with E-state index >= 15 is 0 Å². The summed E-state index contributed by atoms with van der Waals surface area (Å²) in [7, 11) is 0. The summed E-state index contributed by atoms with van der Waals surface area (Å²) in [5.41, 5.74) is 1.73. The quantitative estimate of drug-likeness (QED) is 0.888. The zero-order valence-electron chi connectivity index (χ0n) is 10.3. The Hall–Kier alpha value is -2.19. The van der Waals surface area contributed by atoms with Gasteiger partial charge >= 0.3 is 0 Å². The Balaban J connectivity index is 1.99. The molecule has 5 heteroatoms. The van der Waals surface area contributed by atoms with Gasteiger partial charge in [-0.2, -0.15) is 10.2 Å². The van der Waals surface area contributed by atoms with Crippen LogP contribution in [0.5, 0.6) is 0 Å². The van der Waals surface area contributed by atoms with Crippen LogP contribution in [0.1, 0.15) is 35.8 Å². The molecule has 1 aromatic carbocycles. The molecule has 0 aliphatic carbocycles. The molecule has 0 radical (unpaired) electrons. The average molecular weight is 242 g/mol. The Bertz CT molecular complexity index is 570. The van der Waals surface area contributed by atoms with E-state index in [0.717, 1.165) is 5.56 Å². The summed E-state index contributed by atoms with van der Waals surface area (Å²) in [5, 5.41) is 16.0. The summed E-state index contributed by atoms with van der Waals surface area (Å²) in [4.78, 5) is 4.12. The summed E-state index contributed by atoms with van der Waals surface area (Å²) in [6.07, 6.45) is 0. The first-order valence-corrected chi connectivity index (χ1v) is 5.71. The summed E-state index contributed by atoms with van der Waals surface area (Å²) in [6, 6.07) is 9.78. The van der Waals surface area contributed by atoms with Gasteiger partial charge in [-0.3, -0.25) is 0 Å². The van der Waals surface area contributed by atoms with Crippen LogP contribution >= 0.6 is 0 Å². The molecule has 92 valence electrons. The molecule has 2 aromatic rings. The van der Waals surface area contributed by atoms with Crippen molar-refractivity contribution in [1.29, 1.82) is 5.26 Å². The lowest BCUT2D eigenvalue weighted by molar-refractivity contribution is 0.384. The number of nitrogens with zero attached hydrogens (tertiary/aromatic N) is 3. The van der Waals surface area contributed by atoms with Crippen LogP contribution in [0.25, 0.3) is 0 Å². The molecule has 0 aliphatic heterocycles. The van der Waals surface area contributed by atoms with Gasteiger partial charge in [-0.1, -0.05) is 17.3 Å². The number of aryl methyl sites for hydroxylation is 1. The molecule has 0 amide bonds. The lowest BCUT2D eigenvalue weighted by Gasteiger charge is -2.12. The van der Waals surface area contributed by atoms with E-state index in [9.17, 15) is 0 Å². The fourth-order valence-corrected chi connectivity index (χ4v) is 1.65. The van der Waals surface area contributed by atoms with Crippen molar-refractivity contribution in [3.63, 3.8) is 0 Å². The van der Waals surface area contributed by atoms with Crippen molar-refractivity contribution in [2.24, 2.45) is 0 Å². The molecule has 0 aliphatic rings. The second kappa shape index (κ2) is 5.43. The Morgan fingerprint density at radius 3 is 3.00 bits per heavy atom. The third-order valence-electron chi connectivity index (χ3n) is 2.65. The molecular formula is C13H14N4O. The first-order chi connectivity index (χ1) is 8.69. The largest absolute Gasteiger partial charge is 0.340 e. The third-order valence-corrected chi connectivity index (χ3v) is 2.65. The molecule has 18 heavy (non-hydrogen) atoms. The second-order valence-corrected chi connectivity index (χ2v) is 4.07. The molecule has 1 N–H and O–H groups in total. The van der Waals surface area contributed by atoms with E-state index in [4.69, 9.17) is 9.78 Å². The Morgan fingerprint density at radius 1 is 1.50 bits per heavy atom. The lowest BCUT2D eigenvalue weighted by atomic mass is 10.1. The van der Waals surface area contributed by atoms with Crippen LogP contribution in [-0.4, -0.2) is 10.1 Å².